The van der Waals surface area contributed by atoms with E-state index in [2.05, 4.69) is 35.8 Å². The zero-order valence-electron chi connectivity index (χ0n) is 12.6. The molecule has 1 fully saturated rings. The minimum atomic E-state index is 0.488. The molecule has 0 atom stereocenters. The summed E-state index contributed by atoms with van der Waals surface area (Å²) >= 11 is 3.43. The van der Waals surface area contributed by atoms with Crippen LogP contribution < -0.4 is 4.80 Å². The van der Waals surface area contributed by atoms with E-state index in [0.29, 0.717) is 6.04 Å². The highest BCUT2D eigenvalue weighted by Gasteiger charge is 2.12. The fourth-order valence-electron chi connectivity index (χ4n) is 2.61. The highest BCUT2D eigenvalue weighted by Crippen LogP contribution is 2.20. The second-order valence-electron chi connectivity index (χ2n) is 5.60. The Morgan fingerprint density at radius 3 is 2.71 bits per heavy atom. The van der Waals surface area contributed by atoms with Crippen LogP contribution in [0, 0.1) is 13.8 Å². The largest absolute Gasteiger partial charge is 0.254 e. The molecule has 1 saturated carbocycles. The Kier molecular flexibility index (Phi) is 4.70. The molecule has 2 heterocycles. The van der Waals surface area contributed by atoms with Gasteiger partial charge in [0.1, 0.15) is 0 Å². The number of rotatable bonds is 3. The topological polar surface area (TPSA) is 29.6 Å². The molecule has 0 spiro atoms. The summed E-state index contributed by atoms with van der Waals surface area (Å²) in [6.07, 6.45) is 8.41. The van der Waals surface area contributed by atoms with Crippen molar-refractivity contribution >= 4 is 28.9 Å². The first-order valence-electron chi connectivity index (χ1n) is 7.53. The van der Waals surface area contributed by atoms with E-state index in [-0.39, 0.29) is 0 Å². The van der Waals surface area contributed by atoms with Crippen molar-refractivity contribution in [2.24, 2.45) is 10.1 Å². The Morgan fingerprint density at radius 1 is 1.19 bits per heavy atom. The van der Waals surface area contributed by atoms with Crippen molar-refractivity contribution in [1.82, 2.24) is 4.68 Å². The number of nitrogens with zero attached hydrogens (tertiary/aromatic N) is 3. The second kappa shape index (κ2) is 6.71. The van der Waals surface area contributed by atoms with Crippen molar-refractivity contribution < 1.29 is 0 Å². The van der Waals surface area contributed by atoms with Crippen LogP contribution in [-0.4, -0.2) is 16.9 Å². The van der Waals surface area contributed by atoms with E-state index in [0.717, 1.165) is 10.5 Å². The van der Waals surface area contributed by atoms with Crippen LogP contribution in [0.2, 0.25) is 0 Å². The third-order valence-corrected chi connectivity index (χ3v) is 5.81. The van der Waals surface area contributed by atoms with Gasteiger partial charge in [0.25, 0.3) is 0 Å². The number of hydrogen-bond donors (Lipinski definition) is 0. The Balaban J connectivity index is 1.88. The van der Waals surface area contributed by atoms with E-state index in [4.69, 9.17) is 4.99 Å². The van der Waals surface area contributed by atoms with Crippen LogP contribution >= 0.6 is 22.7 Å². The molecule has 5 heteroatoms. The van der Waals surface area contributed by atoms with Crippen LogP contribution in [0.3, 0.4) is 0 Å². The lowest BCUT2D eigenvalue weighted by molar-refractivity contribution is 0.435. The second-order valence-corrected chi connectivity index (χ2v) is 7.39. The van der Waals surface area contributed by atoms with Crippen LogP contribution in [-0.2, 0) is 0 Å². The number of hydrogen-bond acceptors (Lipinski definition) is 4. The number of aryl methyl sites for hydroxylation is 2. The van der Waals surface area contributed by atoms with Crippen LogP contribution in [0.1, 0.15) is 48.2 Å². The van der Waals surface area contributed by atoms with Crippen LogP contribution in [0.5, 0.6) is 0 Å². The molecule has 0 bridgehead atoms. The Hall–Kier alpha value is -1.20. The normalized spacial score (nSPS) is 17.9. The molecule has 3 rings (SSSR count). The minimum absolute atomic E-state index is 0.488. The standard InChI is InChI=1S/C16H21N3S2/c1-12-8-9-20-15(12)10-17-19-13(2)11-21-16(19)18-14-6-4-3-5-7-14/h8-11,14H,3-7H2,1-2H3. The summed E-state index contributed by atoms with van der Waals surface area (Å²) in [5.74, 6) is 0. The zero-order valence-corrected chi connectivity index (χ0v) is 14.2. The summed E-state index contributed by atoms with van der Waals surface area (Å²) in [5.41, 5.74) is 2.43. The maximum Gasteiger partial charge on any atom is 0.206 e. The van der Waals surface area contributed by atoms with Gasteiger partial charge < -0.3 is 0 Å². The van der Waals surface area contributed by atoms with Gasteiger partial charge in [-0.05, 0) is 43.7 Å². The number of thiophene rings is 1. The Bertz CT molecular complexity index is 684. The van der Waals surface area contributed by atoms with Gasteiger partial charge in [0.2, 0.25) is 4.80 Å². The fraction of sp³-hybridized carbons (Fsp3) is 0.500. The van der Waals surface area contributed by atoms with E-state index < -0.39 is 0 Å². The van der Waals surface area contributed by atoms with Crippen molar-refractivity contribution in [2.75, 3.05) is 0 Å². The summed E-state index contributed by atoms with van der Waals surface area (Å²) < 4.78 is 1.98. The highest BCUT2D eigenvalue weighted by atomic mass is 32.1. The van der Waals surface area contributed by atoms with E-state index in [1.165, 1.54) is 42.5 Å². The number of thiazole rings is 1. The summed E-state index contributed by atoms with van der Waals surface area (Å²) in [7, 11) is 0. The van der Waals surface area contributed by atoms with Gasteiger partial charge in [-0.1, -0.05) is 19.3 Å². The summed E-state index contributed by atoms with van der Waals surface area (Å²) in [4.78, 5) is 7.18. The zero-order chi connectivity index (χ0) is 14.7. The highest BCUT2D eigenvalue weighted by molar-refractivity contribution is 7.11. The average molecular weight is 319 g/mol. The first-order valence-corrected chi connectivity index (χ1v) is 9.29. The molecule has 0 aromatic carbocycles. The monoisotopic (exact) mass is 319 g/mol. The predicted molar refractivity (Wildman–Crippen MR) is 91.5 cm³/mol. The van der Waals surface area contributed by atoms with Gasteiger partial charge in [-0.3, -0.25) is 4.99 Å². The maximum atomic E-state index is 4.93. The maximum absolute atomic E-state index is 4.93. The molecule has 0 aliphatic heterocycles. The van der Waals surface area contributed by atoms with Gasteiger partial charge >= 0.3 is 0 Å². The van der Waals surface area contributed by atoms with E-state index in [9.17, 15) is 0 Å². The molecule has 21 heavy (non-hydrogen) atoms. The molecule has 1 aliphatic carbocycles. The summed E-state index contributed by atoms with van der Waals surface area (Å²) in [5, 5.41) is 8.90. The van der Waals surface area contributed by atoms with Crippen LogP contribution in [0.4, 0.5) is 0 Å². The lowest BCUT2D eigenvalue weighted by Gasteiger charge is -2.16. The van der Waals surface area contributed by atoms with Crippen LogP contribution in [0.15, 0.2) is 26.9 Å². The molecule has 0 saturated heterocycles. The van der Waals surface area contributed by atoms with Gasteiger partial charge in [-0.25, -0.2) is 4.68 Å². The van der Waals surface area contributed by atoms with Gasteiger partial charge in [0.05, 0.1) is 22.8 Å². The molecule has 0 unspecified atom stereocenters. The molecule has 3 nitrogen and oxygen atoms in total. The number of aromatic nitrogens is 1. The lowest BCUT2D eigenvalue weighted by atomic mass is 9.96. The molecular formula is C16H21N3S2. The average Bonchev–Trinajstić information content (AvgIpc) is 3.05. The molecule has 2 aromatic heterocycles. The SMILES string of the molecule is Cc1ccsc1C=Nn1c(C)csc1=NC1CCCCC1. The van der Waals surface area contributed by atoms with E-state index >= 15 is 0 Å². The summed E-state index contributed by atoms with van der Waals surface area (Å²) in [6, 6.07) is 2.62. The first kappa shape index (κ1) is 14.7. The Labute approximate surface area is 133 Å². The van der Waals surface area contributed by atoms with Crippen molar-refractivity contribution in [3.05, 3.63) is 37.8 Å². The van der Waals surface area contributed by atoms with Gasteiger partial charge in [0.15, 0.2) is 0 Å². The van der Waals surface area contributed by atoms with Gasteiger partial charge in [-0.2, -0.15) is 5.10 Å². The summed E-state index contributed by atoms with van der Waals surface area (Å²) in [6.45, 7) is 4.21. The fourth-order valence-corrected chi connectivity index (χ4v) is 4.26. The minimum Gasteiger partial charge on any atom is -0.254 e. The van der Waals surface area contributed by atoms with Crippen molar-refractivity contribution in [3.63, 3.8) is 0 Å². The molecule has 0 amide bonds. The molecule has 0 radical (unpaired) electrons. The van der Waals surface area contributed by atoms with Gasteiger partial charge in [0, 0.05) is 5.38 Å². The predicted octanol–water partition coefficient (Wildman–Crippen LogP) is 4.34. The van der Waals surface area contributed by atoms with Crippen molar-refractivity contribution in [1.29, 1.82) is 0 Å². The first-order chi connectivity index (χ1) is 10.2. The third kappa shape index (κ3) is 3.52. The third-order valence-electron chi connectivity index (χ3n) is 3.91. The van der Waals surface area contributed by atoms with Crippen molar-refractivity contribution in [2.45, 2.75) is 52.0 Å². The lowest BCUT2D eigenvalue weighted by Crippen LogP contribution is -2.19. The molecule has 2 aromatic rings. The van der Waals surface area contributed by atoms with E-state index in [1.807, 2.05) is 10.9 Å². The van der Waals surface area contributed by atoms with Gasteiger partial charge in [-0.15, -0.1) is 22.7 Å². The molecule has 1 aliphatic rings. The van der Waals surface area contributed by atoms with E-state index in [1.54, 1.807) is 22.7 Å². The molecule has 112 valence electrons. The van der Waals surface area contributed by atoms with Crippen LogP contribution in [0.25, 0.3) is 0 Å². The Morgan fingerprint density at radius 2 is 2.00 bits per heavy atom. The quantitative estimate of drug-likeness (QED) is 0.753. The molecule has 0 N–H and O–H groups in total. The van der Waals surface area contributed by atoms with Crippen molar-refractivity contribution in [3.8, 4) is 0 Å². The molecular weight excluding hydrogens is 298 g/mol. The smallest absolute Gasteiger partial charge is 0.206 e.